The van der Waals surface area contributed by atoms with Crippen molar-refractivity contribution in [2.45, 2.75) is 45.4 Å². The Labute approximate surface area is 185 Å². The molecular formula is C22H25ClN6O2. The summed E-state index contributed by atoms with van der Waals surface area (Å²) in [6.07, 6.45) is 4.45. The highest BCUT2D eigenvalue weighted by Crippen LogP contribution is 2.32. The lowest BCUT2D eigenvalue weighted by molar-refractivity contribution is -0.119. The van der Waals surface area contributed by atoms with E-state index in [1.807, 2.05) is 48.3 Å². The second-order valence-electron chi connectivity index (χ2n) is 7.88. The third-order valence-corrected chi connectivity index (χ3v) is 5.68. The molecule has 8 nitrogen and oxygen atoms in total. The number of fused-ring (bicyclic) bond motifs is 1. The van der Waals surface area contributed by atoms with Crippen LogP contribution >= 0.6 is 11.6 Å². The number of hydrogen-bond donors (Lipinski definition) is 2. The molecule has 0 spiro atoms. The predicted octanol–water partition coefficient (Wildman–Crippen LogP) is 2.61. The Kier molecular flexibility index (Phi) is 5.93. The van der Waals surface area contributed by atoms with Gasteiger partial charge in [0.05, 0.1) is 24.5 Å². The van der Waals surface area contributed by atoms with Gasteiger partial charge in [-0.2, -0.15) is 5.10 Å². The number of hydrogen-bond acceptors (Lipinski definition) is 6. The molecular weight excluding hydrogens is 416 g/mol. The summed E-state index contributed by atoms with van der Waals surface area (Å²) in [6.45, 7) is 4.13. The normalized spacial score (nSPS) is 16.7. The van der Waals surface area contributed by atoms with Crippen molar-refractivity contribution in [3.05, 3.63) is 64.3 Å². The minimum Gasteiger partial charge on any atom is -0.391 e. The lowest BCUT2D eigenvalue weighted by Crippen LogP contribution is -2.52. The first kappa shape index (κ1) is 21.3. The third kappa shape index (κ3) is 4.55. The fourth-order valence-corrected chi connectivity index (χ4v) is 3.96. The van der Waals surface area contributed by atoms with Crippen molar-refractivity contribution in [1.29, 1.82) is 0 Å². The monoisotopic (exact) mass is 440 g/mol. The van der Waals surface area contributed by atoms with E-state index in [-0.39, 0.29) is 5.91 Å². The molecule has 0 saturated heterocycles. The second-order valence-corrected chi connectivity index (χ2v) is 8.32. The molecule has 0 bridgehead atoms. The Morgan fingerprint density at radius 1 is 1.19 bits per heavy atom. The number of likely N-dealkylation sites (N-methyl/N-ethyl adjacent to an activating group) is 1. The maximum absolute atomic E-state index is 12.3. The minimum absolute atomic E-state index is 0.252. The molecule has 3 heterocycles. The van der Waals surface area contributed by atoms with Gasteiger partial charge >= 0.3 is 0 Å². The number of benzene rings is 1. The van der Waals surface area contributed by atoms with Crippen LogP contribution in [0.15, 0.2) is 36.7 Å². The number of rotatable bonds is 6. The molecule has 162 valence electrons. The first-order chi connectivity index (χ1) is 14.8. The number of nitrogens with zero attached hydrogens (tertiary/aromatic N) is 5. The van der Waals surface area contributed by atoms with Gasteiger partial charge in [0, 0.05) is 24.7 Å². The van der Waals surface area contributed by atoms with Gasteiger partial charge in [-0.1, -0.05) is 23.7 Å². The quantitative estimate of drug-likeness (QED) is 0.611. The molecule has 31 heavy (non-hydrogen) atoms. The summed E-state index contributed by atoms with van der Waals surface area (Å²) in [5, 5.41) is 18.0. The molecule has 0 radical (unpaired) electrons. The molecule has 2 atom stereocenters. The third-order valence-electron chi connectivity index (χ3n) is 5.42. The number of aliphatic hydroxyl groups is 1. The number of amides is 1. The number of aryl methyl sites for hydroxylation is 3. The van der Waals surface area contributed by atoms with Crippen molar-refractivity contribution < 1.29 is 9.90 Å². The summed E-state index contributed by atoms with van der Waals surface area (Å²) >= 11 is 5.94. The summed E-state index contributed by atoms with van der Waals surface area (Å²) in [5.74, 6) is 1.07. The van der Waals surface area contributed by atoms with E-state index in [9.17, 15) is 9.90 Å². The van der Waals surface area contributed by atoms with Gasteiger partial charge in [-0.05, 0) is 43.5 Å². The van der Waals surface area contributed by atoms with E-state index in [0.717, 1.165) is 22.6 Å². The van der Waals surface area contributed by atoms with Crippen molar-refractivity contribution >= 4 is 29.0 Å². The number of halogens is 1. The lowest BCUT2D eigenvalue weighted by Gasteiger charge is -2.36. The summed E-state index contributed by atoms with van der Waals surface area (Å²) in [6, 6.07) is 7.05. The Morgan fingerprint density at radius 2 is 1.94 bits per heavy atom. The zero-order valence-electron chi connectivity index (χ0n) is 17.7. The molecule has 0 fully saturated rings. The van der Waals surface area contributed by atoms with Gasteiger partial charge < -0.3 is 15.3 Å². The standard InChI is InChI=1S/C22H25ClN6O2/c1-13-19-21(28(3)20(14(2)30)22(31)27-19)26-18(25-13)9-6-16-10-24-29(12-16)11-15-4-7-17(23)8-5-15/h4-5,7-8,10,12,14,20,30H,6,9,11H2,1-3H3,(H,27,31)/t14-,20-/m0/s1. The van der Waals surface area contributed by atoms with Crippen LogP contribution < -0.4 is 10.2 Å². The van der Waals surface area contributed by atoms with Crippen molar-refractivity contribution in [2.24, 2.45) is 0 Å². The molecule has 0 aliphatic carbocycles. The van der Waals surface area contributed by atoms with Crippen LogP contribution in [0.3, 0.4) is 0 Å². The van der Waals surface area contributed by atoms with Gasteiger partial charge in [0.1, 0.15) is 17.6 Å². The Bertz CT molecular complexity index is 1100. The van der Waals surface area contributed by atoms with Crippen molar-refractivity contribution in [3.8, 4) is 0 Å². The molecule has 3 aromatic rings. The zero-order chi connectivity index (χ0) is 22.1. The number of nitrogens with one attached hydrogen (secondary N) is 1. The molecule has 1 aromatic carbocycles. The van der Waals surface area contributed by atoms with Crippen LogP contribution in [-0.4, -0.2) is 50.0 Å². The van der Waals surface area contributed by atoms with Crippen LogP contribution in [0.1, 0.15) is 29.6 Å². The maximum Gasteiger partial charge on any atom is 0.249 e. The number of anilines is 2. The fourth-order valence-electron chi connectivity index (χ4n) is 3.83. The molecule has 0 saturated carbocycles. The van der Waals surface area contributed by atoms with Crippen LogP contribution in [0.5, 0.6) is 0 Å². The lowest BCUT2D eigenvalue weighted by atomic mass is 10.1. The van der Waals surface area contributed by atoms with E-state index in [1.165, 1.54) is 0 Å². The molecule has 0 unspecified atom stereocenters. The van der Waals surface area contributed by atoms with Crippen LogP contribution in [0, 0.1) is 6.92 Å². The predicted molar refractivity (Wildman–Crippen MR) is 119 cm³/mol. The average Bonchev–Trinajstić information content (AvgIpc) is 3.16. The first-order valence-corrected chi connectivity index (χ1v) is 10.5. The van der Waals surface area contributed by atoms with Crippen LogP contribution in [0.4, 0.5) is 11.5 Å². The zero-order valence-corrected chi connectivity index (χ0v) is 18.5. The molecule has 1 aliphatic heterocycles. The molecule has 2 aromatic heterocycles. The highest BCUT2D eigenvalue weighted by molar-refractivity contribution is 6.30. The van der Waals surface area contributed by atoms with Gasteiger partial charge in [-0.15, -0.1) is 0 Å². The largest absolute Gasteiger partial charge is 0.391 e. The van der Waals surface area contributed by atoms with Crippen LogP contribution in [0.25, 0.3) is 0 Å². The smallest absolute Gasteiger partial charge is 0.249 e. The van der Waals surface area contributed by atoms with Crippen LogP contribution in [0.2, 0.25) is 5.02 Å². The minimum atomic E-state index is -0.816. The fraction of sp³-hybridized carbons (Fsp3) is 0.364. The first-order valence-electron chi connectivity index (χ1n) is 10.2. The van der Waals surface area contributed by atoms with E-state index in [2.05, 4.69) is 20.4 Å². The van der Waals surface area contributed by atoms with Gasteiger partial charge in [-0.3, -0.25) is 9.48 Å². The molecule has 4 rings (SSSR count). The second kappa shape index (κ2) is 8.64. The van der Waals surface area contributed by atoms with E-state index in [4.69, 9.17) is 11.6 Å². The highest BCUT2D eigenvalue weighted by atomic mass is 35.5. The number of carbonyl (C=O) groups is 1. The van der Waals surface area contributed by atoms with Crippen LogP contribution in [-0.2, 0) is 24.2 Å². The van der Waals surface area contributed by atoms with E-state index in [0.29, 0.717) is 36.0 Å². The molecule has 1 amide bonds. The topological polar surface area (TPSA) is 96.2 Å². The van der Waals surface area contributed by atoms with Crippen molar-refractivity contribution in [2.75, 3.05) is 17.3 Å². The Morgan fingerprint density at radius 3 is 2.65 bits per heavy atom. The van der Waals surface area contributed by atoms with Gasteiger partial charge in [-0.25, -0.2) is 9.97 Å². The van der Waals surface area contributed by atoms with E-state index >= 15 is 0 Å². The molecule has 2 N–H and O–H groups in total. The number of carbonyl (C=O) groups excluding carboxylic acids is 1. The summed E-state index contributed by atoms with van der Waals surface area (Å²) in [7, 11) is 1.77. The average molecular weight is 441 g/mol. The maximum atomic E-state index is 12.3. The number of aliphatic hydroxyl groups excluding tert-OH is 1. The number of aromatic nitrogens is 4. The summed E-state index contributed by atoms with van der Waals surface area (Å²) < 4.78 is 1.90. The Hall–Kier alpha value is -2.97. The summed E-state index contributed by atoms with van der Waals surface area (Å²) in [5.41, 5.74) is 3.54. The summed E-state index contributed by atoms with van der Waals surface area (Å²) in [4.78, 5) is 23.3. The van der Waals surface area contributed by atoms with Crippen molar-refractivity contribution in [1.82, 2.24) is 19.7 Å². The van der Waals surface area contributed by atoms with E-state index in [1.54, 1.807) is 18.9 Å². The Balaban J connectivity index is 1.46. The van der Waals surface area contributed by atoms with Gasteiger partial charge in [0.2, 0.25) is 5.91 Å². The van der Waals surface area contributed by atoms with E-state index < -0.39 is 12.1 Å². The highest BCUT2D eigenvalue weighted by Gasteiger charge is 2.36. The van der Waals surface area contributed by atoms with Gasteiger partial charge in [0.25, 0.3) is 0 Å². The molecule has 9 heteroatoms. The van der Waals surface area contributed by atoms with Gasteiger partial charge in [0.15, 0.2) is 5.82 Å². The molecule has 1 aliphatic rings. The van der Waals surface area contributed by atoms with Crippen molar-refractivity contribution in [3.63, 3.8) is 0 Å². The SMILES string of the molecule is Cc1nc(CCc2cnn(Cc3ccc(Cl)cc3)c2)nc2c1NC(=O)[C@H]([C@H](C)O)N2C.